The van der Waals surface area contributed by atoms with Crippen molar-refractivity contribution >= 4 is 11.9 Å². The normalized spacial score (nSPS) is 16.9. The van der Waals surface area contributed by atoms with Crippen LogP contribution >= 0.6 is 0 Å². The molecular weight excluding hydrogens is 184 g/mol. The topological polar surface area (TPSA) is 78.4 Å². The van der Waals surface area contributed by atoms with E-state index < -0.39 is 12.0 Å². The summed E-state index contributed by atoms with van der Waals surface area (Å²) in [5, 5.41) is 14.0. The third-order valence-electron chi connectivity index (χ3n) is 2.27. The average molecular weight is 198 g/mol. The molecule has 1 atom stereocenters. The van der Waals surface area contributed by atoms with E-state index in [9.17, 15) is 9.59 Å². The third kappa shape index (κ3) is 2.32. The molecule has 1 saturated heterocycles. The Morgan fingerprint density at radius 1 is 1.50 bits per heavy atom. The van der Waals surface area contributed by atoms with Gasteiger partial charge in [-0.3, -0.25) is 9.59 Å². The Balaban J connectivity index is 2.54. The number of carbonyl (C=O) groups is 2. The first-order valence-corrected chi connectivity index (χ1v) is 4.45. The van der Waals surface area contributed by atoms with Crippen molar-refractivity contribution in [3.63, 3.8) is 0 Å². The number of carboxylic acids is 1. The van der Waals surface area contributed by atoms with Crippen LogP contribution in [-0.2, 0) is 9.59 Å². The highest BCUT2D eigenvalue weighted by molar-refractivity contribution is 5.96. The van der Waals surface area contributed by atoms with Gasteiger partial charge in [-0.25, -0.2) is 0 Å². The molecule has 1 aliphatic rings. The molecule has 78 valence electrons. The van der Waals surface area contributed by atoms with Crippen LogP contribution in [0, 0.1) is 0 Å². The van der Waals surface area contributed by atoms with Crippen LogP contribution in [0.5, 0.6) is 0 Å². The summed E-state index contributed by atoms with van der Waals surface area (Å²) in [6, 6.07) is -0.842. The molecule has 0 spiro atoms. The van der Waals surface area contributed by atoms with Gasteiger partial charge >= 0.3 is 5.97 Å². The van der Waals surface area contributed by atoms with Gasteiger partial charge in [-0.1, -0.05) is 0 Å². The minimum atomic E-state index is -1.03. The zero-order valence-electron chi connectivity index (χ0n) is 8.26. The predicted molar refractivity (Wildman–Crippen MR) is 50.8 cm³/mol. The van der Waals surface area contributed by atoms with Crippen LogP contribution in [0.15, 0.2) is 11.1 Å². The first-order chi connectivity index (χ1) is 6.52. The van der Waals surface area contributed by atoms with Crippen molar-refractivity contribution in [2.45, 2.75) is 19.9 Å². The second kappa shape index (κ2) is 4.23. The minimum Gasteiger partial charge on any atom is -0.480 e. The Labute approximate surface area is 82.2 Å². The number of carboxylic acid groups (broad SMARTS) is 1. The minimum absolute atomic E-state index is 0.295. The Morgan fingerprint density at radius 3 is 2.43 bits per heavy atom. The lowest BCUT2D eigenvalue weighted by Gasteiger charge is -2.22. The summed E-state index contributed by atoms with van der Waals surface area (Å²) in [6.07, 6.45) is 0. The smallest absolute Gasteiger partial charge is 0.325 e. The van der Waals surface area contributed by atoms with E-state index in [0.717, 1.165) is 18.7 Å². The van der Waals surface area contributed by atoms with Crippen molar-refractivity contribution in [3.8, 4) is 0 Å². The van der Waals surface area contributed by atoms with Crippen LogP contribution in [0.2, 0.25) is 0 Å². The molecule has 0 aromatic heterocycles. The van der Waals surface area contributed by atoms with Crippen LogP contribution in [0.25, 0.3) is 0 Å². The number of hydrogen-bond donors (Lipinski definition) is 3. The van der Waals surface area contributed by atoms with Crippen LogP contribution in [0.3, 0.4) is 0 Å². The van der Waals surface area contributed by atoms with E-state index in [1.807, 2.05) is 0 Å². The van der Waals surface area contributed by atoms with E-state index in [1.165, 1.54) is 6.92 Å². The Kier molecular flexibility index (Phi) is 3.24. The second-order valence-corrected chi connectivity index (χ2v) is 3.37. The standard InChI is InChI=1S/C9H14N2O3/c1-5(7-3-10-4-7)8(12)11-6(2)9(13)14/h6,10H,3-4H2,1-2H3,(H,11,12)(H,13,14)/t6-/m1/s1. The molecule has 5 nitrogen and oxygen atoms in total. The molecule has 0 radical (unpaired) electrons. The SMILES string of the molecule is CC(C(=O)N[C@H](C)C(=O)O)=C1CNC1. The molecule has 0 unspecified atom stereocenters. The summed E-state index contributed by atoms with van der Waals surface area (Å²) in [6.45, 7) is 4.60. The molecule has 1 amide bonds. The highest BCUT2D eigenvalue weighted by Crippen LogP contribution is 2.08. The second-order valence-electron chi connectivity index (χ2n) is 3.37. The van der Waals surface area contributed by atoms with Crippen LogP contribution in [-0.4, -0.2) is 36.1 Å². The average Bonchev–Trinajstić information content (AvgIpc) is 2.00. The van der Waals surface area contributed by atoms with Gasteiger partial charge in [-0.05, 0) is 19.4 Å². The van der Waals surface area contributed by atoms with Crippen LogP contribution in [0.4, 0.5) is 0 Å². The third-order valence-corrected chi connectivity index (χ3v) is 2.27. The van der Waals surface area contributed by atoms with Gasteiger partial charge in [0.2, 0.25) is 5.91 Å². The summed E-state index contributed by atoms with van der Waals surface area (Å²) in [5.41, 5.74) is 1.66. The predicted octanol–water partition coefficient (Wildman–Crippen LogP) is -0.505. The fourth-order valence-corrected chi connectivity index (χ4v) is 1.04. The van der Waals surface area contributed by atoms with Gasteiger partial charge in [0.05, 0.1) is 0 Å². The van der Waals surface area contributed by atoms with Gasteiger partial charge in [0.25, 0.3) is 0 Å². The summed E-state index contributed by atoms with van der Waals surface area (Å²) < 4.78 is 0. The van der Waals surface area contributed by atoms with Gasteiger partial charge in [0.1, 0.15) is 6.04 Å². The van der Waals surface area contributed by atoms with Crippen molar-refractivity contribution in [2.75, 3.05) is 13.1 Å². The molecule has 1 heterocycles. The zero-order chi connectivity index (χ0) is 10.7. The van der Waals surface area contributed by atoms with Gasteiger partial charge in [-0.15, -0.1) is 0 Å². The molecule has 1 rings (SSSR count). The lowest BCUT2D eigenvalue weighted by atomic mass is 10.0. The van der Waals surface area contributed by atoms with Crippen molar-refractivity contribution in [2.24, 2.45) is 0 Å². The summed E-state index contributed by atoms with van der Waals surface area (Å²) in [4.78, 5) is 21.9. The maximum absolute atomic E-state index is 11.4. The quantitative estimate of drug-likeness (QED) is 0.534. The zero-order valence-corrected chi connectivity index (χ0v) is 8.26. The summed E-state index contributed by atoms with van der Waals surface area (Å²) >= 11 is 0. The molecule has 0 saturated carbocycles. The largest absolute Gasteiger partial charge is 0.480 e. The number of carbonyl (C=O) groups excluding carboxylic acids is 1. The Bertz CT molecular complexity index is 290. The number of hydrogen-bond acceptors (Lipinski definition) is 3. The summed E-state index contributed by atoms with van der Waals surface area (Å²) in [5.74, 6) is -1.32. The van der Waals surface area contributed by atoms with Crippen LogP contribution in [0.1, 0.15) is 13.8 Å². The van der Waals surface area contributed by atoms with E-state index in [4.69, 9.17) is 5.11 Å². The monoisotopic (exact) mass is 198 g/mol. The van der Waals surface area contributed by atoms with Gasteiger partial charge in [0, 0.05) is 18.7 Å². The maximum atomic E-state index is 11.4. The maximum Gasteiger partial charge on any atom is 0.325 e. The molecule has 5 heteroatoms. The summed E-state index contributed by atoms with van der Waals surface area (Å²) in [7, 11) is 0. The van der Waals surface area contributed by atoms with Crippen molar-refractivity contribution in [1.29, 1.82) is 0 Å². The molecule has 0 aromatic carbocycles. The van der Waals surface area contributed by atoms with Crippen molar-refractivity contribution in [1.82, 2.24) is 10.6 Å². The van der Waals surface area contributed by atoms with Gasteiger partial charge in [0.15, 0.2) is 0 Å². The number of amides is 1. The first-order valence-electron chi connectivity index (χ1n) is 4.45. The molecule has 3 N–H and O–H groups in total. The van der Waals surface area contributed by atoms with E-state index in [-0.39, 0.29) is 5.91 Å². The molecule has 0 bridgehead atoms. The van der Waals surface area contributed by atoms with Crippen LogP contribution < -0.4 is 10.6 Å². The fourth-order valence-electron chi connectivity index (χ4n) is 1.04. The lowest BCUT2D eigenvalue weighted by molar-refractivity contribution is -0.140. The molecule has 14 heavy (non-hydrogen) atoms. The molecular formula is C9H14N2O3. The van der Waals surface area contributed by atoms with E-state index in [0.29, 0.717) is 5.57 Å². The van der Waals surface area contributed by atoms with Crippen molar-refractivity contribution in [3.05, 3.63) is 11.1 Å². The van der Waals surface area contributed by atoms with E-state index in [1.54, 1.807) is 6.92 Å². The van der Waals surface area contributed by atoms with E-state index in [2.05, 4.69) is 10.6 Å². The lowest BCUT2D eigenvalue weighted by Crippen LogP contribution is -2.42. The molecule has 0 aromatic rings. The number of aliphatic carboxylic acids is 1. The van der Waals surface area contributed by atoms with Gasteiger partial charge < -0.3 is 15.7 Å². The Hall–Kier alpha value is -1.36. The highest BCUT2D eigenvalue weighted by atomic mass is 16.4. The van der Waals surface area contributed by atoms with Gasteiger partial charge in [-0.2, -0.15) is 0 Å². The van der Waals surface area contributed by atoms with E-state index >= 15 is 0 Å². The number of nitrogens with one attached hydrogen (secondary N) is 2. The first kappa shape index (κ1) is 10.7. The highest BCUT2D eigenvalue weighted by Gasteiger charge is 2.19. The molecule has 1 fully saturated rings. The molecule has 0 aliphatic carbocycles. The fraction of sp³-hybridized carbons (Fsp3) is 0.556. The van der Waals surface area contributed by atoms with Crippen molar-refractivity contribution < 1.29 is 14.7 Å². The Morgan fingerprint density at radius 2 is 2.07 bits per heavy atom. The molecule has 1 aliphatic heterocycles. The number of rotatable bonds is 3.